The molecular weight excluding hydrogens is 234 g/mol. The quantitative estimate of drug-likeness (QED) is 0.861. The SMILES string of the molecule is CCOc1cc(N2CC(C)C(C(=O)O)C2)ncn1. The molecule has 0 aromatic carbocycles. The molecule has 6 nitrogen and oxygen atoms in total. The summed E-state index contributed by atoms with van der Waals surface area (Å²) in [6, 6.07) is 1.75. The molecule has 2 heterocycles. The monoisotopic (exact) mass is 251 g/mol. The van der Waals surface area contributed by atoms with Crippen molar-refractivity contribution in [2.45, 2.75) is 13.8 Å². The normalized spacial score (nSPS) is 23.1. The highest BCUT2D eigenvalue weighted by Gasteiger charge is 2.35. The number of anilines is 1. The maximum Gasteiger partial charge on any atom is 0.308 e. The molecule has 2 unspecified atom stereocenters. The lowest BCUT2D eigenvalue weighted by Gasteiger charge is -2.17. The van der Waals surface area contributed by atoms with Gasteiger partial charge in [0.25, 0.3) is 0 Å². The van der Waals surface area contributed by atoms with E-state index in [9.17, 15) is 4.79 Å². The van der Waals surface area contributed by atoms with E-state index in [0.29, 0.717) is 25.6 Å². The van der Waals surface area contributed by atoms with E-state index >= 15 is 0 Å². The maximum atomic E-state index is 11.1. The van der Waals surface area contributed by atoms with Gasteiger partial charge in [0.05, 0.1) is 12.5 Å². The third-order valence-corrected chi connectivity index (χ3v) is 3.17. The van der Waals surface area contributed by atoms with Gasteiger partial charge in [0.1, 0.15) is 12.1 Å². The predicted molar refractivity (Wildman–Crippen MR) is 65.7 cm³/mol. The molecule has 0 aliphatic carbocycles. The van der Waals surface area contributed by atoms with E-state index in [2.05, 4.69) is 9.97 Å². The fourth-order valence-corrected chi connectivity index (χ4v) is 2.20. The lowest BCUT2D eigenvalue weighted by atomic mass is 9.99. The molecule has 0 spiro atoms. The highest BCUT2D eigenvalue weighted by Crippen LogP contribution is 2.28. The van der Waals surface area contributed by atoms with Crippen LogP contribution in [-0.4, -0.2) is 40.7 Å². The molecule has 1 saturated heterocycles. The average Bonchev–Trinajstić information content (AvgIpc) is 2.72. The molecule has 1 fully saturated rings. The molecular formula is C12H17N3O3. The fourth-order valence-electron chi connectivity index (χ4n) is 2.20. The molecule has 0 amide bonds. The van der Waals surface area contributed by atoms with Gasteiger partial charge in [-0.3, -0.25) is 4.79 Å². The summed E-state index contributed by atoms with van der Waals surface area (Å²) in [7, 11) is 0. The highest BCUT2D eigenvalue weighted by atomic mass is 16.5. The molecule has 1 aromatic rings. The number of carboxylic acids is 1. The number of carbonyl (C=O) groups is 1. The molecule has 0 bridgehead atoms. The molecule has 2 atom stereocenters. The van der Waals surface area contributed by atoms with Crippen molar-refractivity contribution in [2.24, 2.45) is 11.8 Å². The van der Waals surface area contributed by atoms with Crippen molar-refractivity contribution in [2.75, 3.05) is 24.6 Å². The molecule has 1 N–H and O–H groups in total. The van der Waals surface area contributed by atoms with Crippen molar-refractivity contribution in [3.05, 3.63) is 12.4 Å². The number of hydrogen-bond acceptors (Lipinski definition) is 5. The molecule has 2 rings (SSSR count). The van der Waals surface area contributed by atoms with Crippen LogP contribution in [0.5, 0.6) is 5.88 Å². The molecule has 0 saturated carbocycles. The van der Waals surface area contributed by atoms with Crippen LogP contribution in [0, 0.1) is 11.8 Å². The van der Waals surface area contributed by atoms with Crippen LogP contribution in [0.25, 0.3) is 0 Å². The number of carboxylic acid groups (broad SMARTS) is 1. The van der Waals surface area contributed by atoms with E-state index in [1.807, 2.05) is 18.7 Å². The van der Waals surface area contributed by atoms with Crippen molar-refractivity contribution in [1.82, 2.24) is 9.97 Å². The predicted octanol–water partition coefficient (Wildman–Crippen LogP) is 1.03. The summed E-state index contributed by atoms with van der Waals surface area (Å²) >= 11 is 0. The average molecular weight is 251 g/mol. The van der Waals surface area contributed by atoms with Gasteiger partial charge in [-0.25, -0.2) is 9.97 Å². The van der Waals surface area contributed by atoms with Crippen molar-refractivity contribution < 1.29 is 14.6 Å². The second kappa shape index (κ2) is 5.20. The number of rotatable bonds is 4. The van der Waals surface area contributed by atoms with E-state index in [0.717, 1.165) is 5.82 Å². The molecule has 1 aliphatic rings. The van der Waals surface area contributed by atoms with Gasteiger partial charge in [0.2, 0.25) is 5.88 Å². The summed E-state index contributed by atoms with van der Waals surface area (Å²) in [5, 5.41) is 9.10. The standard InChI is InChI=1S/C12H17N3O3/c1-3-18-11-4-10(13-7-14-11)15-5-8(2)9(6-15)12(16)17/h4,7-9H,3,5-6H2,1-2H3,(H,16,17). The molecule has 6 heteroatoms. The molecule has 1 aromatic heterocycles. The van der Waals surface area contributed by atoms with E-state index in [1.54, 1.807) is 6.07 Å². The second-order valence-corrected chi connectivity index (χ2v) is 4.47. The summed E-state index contributed by atoms with van der Waals surface area (Å²) in [6.45, 7) is 5.56. The third-order valence-electron chi connectivity index (χ3n) is 3.17. The van der Waals surface area contributed by atoms with E-state index in [-0.39, 0.29) is 11.8 Å². The van der Waals surface area contributed by atoms with Crippen LogP contribution in [0.4, 0.5) is 5.82 Å². The van der Waals surface area contributed by atoms with Gasteiger partial charge in [-0.15, -0.1) is 0 Å². The topological polar surface area (TPSA) is 75.5 Å². The molecule has 1 aliphatic heterocycles. The summed E-state index contributed by atoms with van der Waals surface area (Å²) in [4.78, 5) is 21.2. The summed E-state index contributed by atoms with van der Waals surface area (Å²) < 4.78 is 5.31. The molecule has 18 heavy (non-hydrogen) atoms. The Morgan fingerprint density at radius 3 is 2.94 bits per heavy atom. The van der Waals surface area contributed by atoms with Gasteiger partial charge in [0, 0.05) is 19.2 Å². The number of hydrogen-bond donors (Lipinski definition) is 1. The second-order valence-electron chi connectivity index (χ2n) is 4.47. The van der Waals surface area contributed by atoms with Crippen LogP contribution in [0.2, 0.25) is 0 Å². The highest BCUT2D eigenvalue weighted by molar-refractivity contribution is 5.72. The van der Waals surface area contributed by atoms with Gasteiger partial charge in [0.15, 0.2) is 0 Å². The number of ether oxygens (including phenoxy) is 1. The minimum atomic E-state index is -0.746. The van der Waals surface area contributed by atoms with E-state index in [1.165, 1.54) is 6.33 Å². The van der Waals surface area contributed by atoms with Crippen molar-refractivity contribution in [3.8, 4) is 5.88 Å². The molecule has 98 valence electrons. The van der Waals surface area contributed by atoms with Crippen molar-refractivity contribution >= 4 is 11.8 Å². The summed E-state index contributed by atoms with van der Waals surface area (Å²) in [6.07, 6.45) is 1.44. The Balaban J connectivity index is 2.13. The van der Waals surface area contributed by atoms with Gasteiger partial charge >= 0.3 is 5.97 Å². The largest absolute Gasteiger partial charge is 0.481 e. The first-order valence-corrected chi connectivity index (χ1v) is 6.04. The van der Waals surface area contributed by atoms with Crippen LogP contribution in [0.15, 0.2) is 12.4 Å². The van der Waals surface area contributed by atoms with Gasteiger partial charge in [-0.1, -0.05) is 6.92 Å². The van der Waals surface area contributed by atoms with E-state index < -0.39 is 5.97 Å². The number of aromatic nitrogens is 2. The van der Waals surface area contributed by atoms with Crippen LogP contribution in [-0.2, 0) is 4.79 Å². The van der Waals surface area contributed by atoms with Crippen molar-refractivity contribution in [3.63, 3.8) is 0 Å². The Kier molecular flexibility index (Phi) is 3.64. The van der Waals surface area contributed by atoms with Gasteiger partial charge in [-0.2, -0.15) is 0 Å². The van der Waals surface area contributed by atoms with Crippen LogP contribution in [0.1, 0.15) is 13.8 Å². The first-order valence-electron chi connectivity index (χ1n) is 6.04. The summed E-state index contributed by atoms with van der Waals surface area (Å²) in [5.74, 6) is 0.283. The Bertz CT molecular complexity index is 438. The van der Waals surface area contributed by atoms with E-state index in [4.69, 9.17) is 9.84 Å². The first kappa shape index (κ1) is 12.6. The Hall–Kier alpha value is -1.85. The zero-order valence-corrected chi connectivity index (χ0v) is 10.5. The van der Waals surface area contributed by atoms with Crippen LogP contribution < -0.4 is 9.64 Å². The molecule has 0 radical (unpaired) electrons. The van der Waals surface area contributed by atoms with Gasteiger partial charge in [-0.05, 0) is 12.8 Å². The zero-order chi connectivity index (χ0) is 13.1. The minimum Gasteiger partial charge on any atom is -0.481 e. The summed E-state index contributed by atoms with van der Waals surface area (Å²) in [5.41, 5.74) is 0. The number of nitrogens with zero attached hydrogens (tertiary/aromatic N) is 3. The smallest absolute Gasteiger partial charge is 0.308 e. The van der Waals surface area contributed by atoms with Crippen LogP contribution >= 0.6 is 0 Å². The van der Waals surface area contributed by atoms with Crippen LogP contribution in [0.3, 0.4) is 0 Å². The van der Waals surface area contributed by atoms with Crippen molar-refractivity contribution in [1.29, 1.82) is 0 Å². The minimum absolute atomic E-state index is 0.119. The fraction of sp³-hybridized carbons (Fsp3) is 0.583. The maximum absolute atomic E-state index is 11.1. The van der Waals surface area contributed by atoms with Gasteiger partial charge < -0.3 is 14.7 Å². The number of aliphatic carboxylic acids is 1. The zero-order valence-electron chi connectivity index (χ0n) is 10.5. The Labute approximate surface area is 106 Å². The Morgan fingerprint density at radius 1 is 1.56 bits per heavy atom. The first-order chi connectivity index (χ1) is 8.61. The lowest BCUT2D eigenvalue weighted by molar-refractivity contribution is -0.142. The lowest BCUT2D eigenvalue weighted by Crippen LogP contribution is -2.23. The Morgan fingerprint density at radius 2 is 2.33 bits per heavy atom. The third kappa shape index (κ3) is 2.52.